The molecule has 8 heteroatoms. The zero-order valence-electron chi connectivity index (χ0n) is 12.8. The Hall–Kier alpha value is -1.01. The van der Waals surface area contributed by atoms with Gasteiger partial charge in [-0.2, -0.15) is 0 Å². The van der Waals surface area contributed by atoms with Crippen molar-refractivity contribution in [3.05, 3.63) is 32.6 Å². The van der Waals surface area contributed by atoms with Gasteiger partial charge in [-0.1, -0.05) is 0 Å². The number of aromatic amines is 1. The molecule has 1 fully saturated rings. The highest BCUT2D eigenvalue weighted by Crippen LogP contribution is 2.36. The van der Waals surface area contributed by atoms with Crippen molar-refractivity contribution in [3.8, 4) is 0 Å². The van der Waals surface area contributed by atoms with Crippen LogP contribution >= 0.6 is 8.30 Å². The minimum Gasteiger partial charge on any atom is -0.352 e. The summed E-state index contributed by atoms with van der Waals surface area (Å²) in [6, 6.07) is 0. The van der Waals surface area contributed by atoms with E-state index in [0.29, 0.717) is 12.2 Å². The fourth-order valence-electron chi connectivity index (χ4n) is 2.12. The third-order valence-corrected chi connectivity index (χ3v) is 5.20. The molecular weight excluding hydrogens is 293 g/mol. The normalized spacial score (nSPS) is 23.7. The lowest BCUT2D eigenvalue weighted by molar-refractivity contribution is -0.0190. The SMILES string of the molecule is Cc1cn(C2CCC(COP(C)N(C)C)O2)c(=O)[nH]c1=O. The molecule has 1 N–H and O–H groups in total. The molecule has 1 aliphatic rings. The second-order valence-corrected chi connectivity index (χ2v) is 7.36. The van der Waals surface area contributed by atoms with Gasteiger partial charge in [-0.25, -0.2) is 4.79 Å². The van der Waals surface area contributed by atoms with Crippen molar-refractivity contribution in [1.29, 1.82) is 0 Å². The van der Waals surface area contributed by atoms with Crippen molar-refractivity contribution in [2.24, 2.45) is 0 Å². The van der Waals surface area contributed by atoms with E-state index in [-0.39, 0.29) is 17.9 Å². The number of hydrogen-bond acceptors (Lipinski definition) is 5. The molecule has 0 radical (unpaired) electrons. The van der Waals surface area contributed by atoms with Crippen molar-refractivity contribution in [2.45, 2.75) is 32.1 Å². The summed E-state index contributed by atoms with van der Waals surface area (Å²) in [4.78, 5) is 25.5. The first-order valence-corrected chi connectivity index (χ1v) is 8.56. The molecule has 0 bridgehead atoms. The number of H-pyrrole nitrogens is 1. The lowest BCUT2D eigenvalue weighted by atomic mass is 10.2. The standard InChI is InChI=1S/C13H22N3O4P/c1-9-7-16(13(18)14-12(9)17)11-6-5-10(20-11)8-19-21(4)15(2)3/h7,10-11H,5-6,8H2,1-4H3,(H,14,17,18). The molecular formula is C13H22N3O4P. The van der Waals surface area contributed by atoms with E-state index in [1.54, 1.807) is 13.1 Å². The van der Waals surface area contributed by atoms with Crippen LogP contribution in [0, 0.1) is 6.92 Å². The quantitative estimate of drug-likeness (QED) is 0.822. The molecule has 1 saturated heterocycles. The number of hydrogen-bond donors (Lipinski definition) is 1. The molecule has 2 rings (SSSR count). The van der Waals surface area contributed by atoms with E-state index in [9.17, 15) is 9.59 Å². The van der Waals surface area contributed by atoms with Crippen molar-refractivity contribution < 1.29 is 9.26 Å². The third-order valence-electron chi connectivity index (χ3n) is 3.55. The van der Waals surface area contributed by atoms with E-state index in [0.717, 1.165) is 12.8 Å². The van der Waals surface area contributed by atoms with Crippen LogP contribution in [0.4, 0.5) is 0 Å². The average molecular weight is 315 g/mol. The summed E-state index contributed by atoms with van der Waals surface area (Å²) in [5.41, 5.74) is -0.275. The number of aromatic nitrogens is 2. The maximum atomic E-state index is 11.8. The van der Waals surface area contributed by atoms with Gasteiger partial charge in [0.2, 0.25) is 0 Å². The van der Waals surface area contributed by atoms with Gasteiger partial charge in [0.1, 0.15) is 14.5 Å². The zero-order chi connectivity index (χ0) is 15.6. The summed E-state index contributed by atoms with van der Waals surface area (Å²) in [5.74, 6) is 0. The highest BCUT2D eigenvalue weighted by atomic mass is 31.2. The van der Waals surface area contributed by atoms with Gasteiger partial charge in [-0.15, -0.1) is 0 Å². The van der Waals surface area contributed by atoms with Crippen LogP contribution in [0.3, 0.4) is 0 Å². The fourth-order valence-corrected chi connectivity index (χ4v) is 2.73. The van der Waals surface area contributed by atoms with Gasteiger partial charge < -0.3 is 9.26 Å². The van der Waals surface area contributed by atoms with Crippen LogP contribution in [0.5, 0.6) is 0 Å². The minimum atomic E-state index is -0.603. The van der Waals surface area contributed by atoms with Crippen LogP contribution in [0.15, 0.2) is 15.8 Å². The monoisotopic (exact) mass is 315 g/mol. The molecule has 2 heterocycles. The highest BCUT2D eigenvalue weighted by molar-refractivity contribution is 7.49. The van der Waals surface area contributed by atoms with Crippen LogP contribution in [-0.4, -0.2) is 47.7 Å². The molecule has 0 amide bonds. The average Bonchev–Trinajstić information content (AvgIpc) is 2.88. The molecule has 118 valence electrons. The number of ether oxygens (including phenoxy) is 1. The van der Waals surface area contributed by atoms with Crippen LogP contribution in [0.2, 0.25) is 0 Å². The van der Waals surface area contributed by atoms with Crippen LogP contribution in [-0.2, 0) is 9.26 Å². The van der Waals surface area contributed by atoms with Crippen molar-refractivity contribution in [3.63, 3.8) is 0 Å². The number of nitrogens with one attached hydrogen (secondary N) is 1. The van der Waals surface area contributed by atoms with Crippen LogP contribution in [0.1, 0.15) is 24.6 Å². The number of nitrogens with zero attached hydrogens (tertiary/aromatic N) is 2. The molecule has 0 aromatic carbocycles. The van der Waals surface area contributed by atoms with Crippen molar-refractivity contribution in [2.75, 3.05) is 27.4 Å². The summed E-state index contributed by atoms with van der Waals surface area (Å²) >= 11 is 0. The second kappa shape index (κ2) is 6.83. The maximum absolute atomic E-state index is 11.8. The van der Waals surface area contributed by atoms with Gasteiger partial charge in [0.15, 0.2) is 0 Å². The molecule has 0 saturated carbocycles. The molecule has 7 nitrogen and oxygen atoms in total. The summed E-state index contributed by atoms with van der Waals surface area (Å²) in [7, 11) is 3.36. The minimum absolute atomic E-state index is 0.0148. The second-order valence-electron chi connectivity index (χ2n) is 5.38. The van der Waals surface area contributed by atoms with E-state index >= 15 is 0 Å². The Kier molecular flexibility index (Phi) is 5.32. The van der Waals surface area contributed by atoms with Gasteiger partial charge in [0.05, 0.1) is 12.7 Å². The van der Waals surface area contributed by atoms with E-state index < -0.39 is 14.0 Å². The van der Waals surface area contributed by atoms with Crippen molar-refractivity contribution >= 4 is 8.30 Å². The molecule has 1 aliphatic heterocycles. The van der Waals surface area contributed by atoms with Gasteiger partial charge in [0.25, 0.3) is 5.56 Å². The summed E-state index contributed by atoms with van der Waals surface area (Å²) in [5, 5.41) is 0. The zero-order valence-corrected chi connectivity index (χ0v) is 13.7. The van der Waals surface area contributed by atoms with Crippen molar-refractivity contribution in [1.82, 2.24) is 14.2 Å². The maximum Gasteiger partial charge on any atom is 0.330 e. The van der Waals surface area contributed by atoms with E-state index in [2.05, 4.69) is 4.98 Å². The molecule has 1 aromatic rings. The fraction of sp³-hybridized carbons (Fsp3) is 0.692. The Morgan fingerprint density at radius 2 is 2.19 bits per heavy atom. The Balaban J connectivity index is 1.98. The first kappa shape index (κ1) is 16.4. The largest absolute Gasteiger partial charge is 0.352 e. The molecule has 21 heavy (non-hydrogen) atoms. The highest BCUT2D eigenvalue weighted by Gasteiger charge is 2.28. The first-order chi connectivity index (χ1) is 9.88. The number of aryl methyl sites for hydroxylation is 1. The number of rotatable bonds is 5. The Morgan fingerprint density at radius 3 is 2.86 bits per heavy atom. The lowest BCUT2D eigenvalue weighted by Crippen LogP contribution is -2.33. The van der Waals surface area contributed by atoms with E-state index in [1.807, 2.05) is 25.4 Å². The lowest BCUT2D eigenvalue weighted by Gasteiger charge is -2.22. The van der Waals surface area contributed by atoms with Gasteiger partial charge >= 0.3 is 5.69 Å². The first-order valence-electron chi connectivity index (χ1n) is 6.90. The predicted molar refractivity (Wildman–Crippen MR) is 81.7 cm³/mol. The van der Waals surface area contributed by atoms with Gasteiger partial charge in [-0.3, -0.25) is 19.0 Å². The third kappa shape index (κ3) is 4.01. The Labute approximate surface area is 124 Å². The molecule has 1 aromatic heterocycles. The Bertz CT molecular complexity index is 598. The topological polar surface area (TPSA) is 76.6 Å². The molecule has 3 atom stereocenters. The summed E-state index contributed by atoms with van der Waals surface area (Å²) in [6.45, 7) is 4.23. The summed E-state index contributed by atoms with van der Waals surface area (Å²) in [6.07, 6.45) is 2.79. The van der Waals surface area contributed by atoms with Crippen LogP contribution in [0.25, 0.3) is 0 Å². The van der Waals surface area contributed by atoms with E-state index in [1.165, 1.54) is 4.57 Å². The predicted octanol–water partition coefficient (Wildman–Crippen LogP) is 1.04. The van der Waals surface area contributed by atoms with E-state index in [4.69, 9.17) is 9.26 Å². The molecule has 0 aliphatic carbocycles. The summed E-state index contributed by atoms with van der Waals surface area (Å²) < 4.78 is 15.1. The van der Waals surface area contributed by atoms with Crippen LogP contribution < -0.4 is 11.2 Å². The Morgan fingerprint density at radius 1 is 1.48 bits per heavy atom. The van der Waals surface area contributed by atoms with Gasteiger partial charge in [-0.05, 0) is 40.5 Å². The molecule has 0 spiro atoms. The molecule has 3 unspecified atom stereocenters. The smallest absolute Gasteiger partial charge is 0.330 e. The van der Waals surface area contributed by atoms with Gasteiger partial charge in [0, 0.05) is 11.8 Å².